The Morgan fingerprint density at radius 3 is 2.54 bits per heavy atom. The summed E-state index contributed by atoms with van der Waals surface area (Å²) in [6, 6.07) is 0. The molecule has 0 aromatic carbocycles. The van der Waals surface area contributed by atoms with Gasteiger partial charge in [0.25, 0.3) is 0 Å². The number of carbonyl (C=O) groups excluding carboxylic acids is 2. The molecule has 26 heavy (non-hydrogen) atoms. The van der Waals surface area contributed by atoms with Gasteiger partial charge in [-0.2, -0.15) is 0 Å². The Morgan fingerprint density at radius 1 is 1.08 bits per heavy atom. The molecule has 1 aromatic rings. The van der Waals surface area contributed by atoms with Gasteiger partial charge in [0, 0.05) is 64.5 Å². The van der Waals surface area contributed by atoms with Crippen molar-refractivity contribution in [2.24, 2.45) is 0 Å². The summed E-state index contributed by atoms with van der Waals surface area (Å²) in [5.74, 6) is 1.06. The third-order valence-electron chi connectivity index (χ3n) is 5.74. The second-order valence-electron chi connectivity index (χ2n) is 7.57. The lowest BCUT2D eigenvalue weighted by atomic mass is 9.87. The lowest BCUT2D eigenvalue weighted by Crippen LogP contribution is -2.48. The smallest absolute Gasteiger partial charge is 0.223 e. The number of hydrogen-bond donors (Lipinski definition) is 0. The molecule has 2 amide bonds. The van der Waals surface area contributed by atoms with Crippen molar-refractivity contribution in [3.63, 3.8) is 0 Å². The zero-order valence-corrected chi connectivity index (χ0v) is 15.9. The topological polar surface area (TPSA) is 69.6 Å². The highest BCUT2D eigenvalue weighted by Crippen LogP contribution is 2.39. The first kappa shape index (κ1) is 18.6. The van der Waals surface area contributed by atoms with E-state index in [0.717, 1.165) is 57.6 Å². The standard InChI is InChI=1S/C19H29N5O2/c1-22(2)17(25)5-6-18(26)24-13-4-8-19(24)7-3-12-23(14-9-19)16-15-20-10-11-21-16/h10-11,15H,3-9,12-14H2,1-2H3/t19-/m1/s1. The zero-order chi connectivity index (χ0) is 18.6. The van der Waals surface area contributed by atoms with Crippen molar-refractivity contribution >= 4 is 17.6 Å². The molecule has 1 aromatic heterocycles. The lowest BCUT2D eigenvalue weighted by Gasteiger charge is -2.38. The fraction of sp³-hybridized carbons (Fsp3) is 0.684. The fourth-order valence-corrected chi connectivity index (χ4v) is 4.28. The largest absolute Gasteiger partial charge is 0.355 e. The van der Waals surface area contributed by atoms with E-state index in [1.165, 1.54) is 0 Å². The minimum absolute atomic E-state index is 0.0151. The Balaban J connectivity index is 1.64. The summed E-state index contributed by atoms with van der Waals surface area (Å²) >= 11 is 0. The minimum atomic E-state index is -0.0464. The van der Waals surface area contributed by atoms with Crippen LogP contribution in [0.5, 0.6) is 0 Å². The molecule has 1 spiro atoms. The zero-order valence-electron chi connectivity index (χ0n) is 15.9. The van der Waals surface area contributed by atoms with Crippen LogP contribution in [0.4, 0.5) is 5.82 Å². The Bertz CT molecular complexity index is 636. The van der Waals surface area contributed by atoms with E-state index in [1.807, 2.05) is 6.20 Å². The second kappa shape index (κ2) is 8.01. The van der Waals surface area contributed by atoms with Gasteiger partial charge in [0.2, 0.25) is 11.8 Å². The number of anilines is 1. The summed E-state index contributed by atoms with van der Waals surface area (Å²) in [7, 11) is 3.47. The van der Waals surface area contributed by atoms with Crippen molar-refractivity contribution in [1.29, 1.82) is 0 Å². The van der Waals surface area contributed by atoms with Crippen LogP contribution < -0.4 is 4.90 Å². The van der Waals surface area contributed by atoms with E-state index < -0.39 is 0 Å². The van der Waals surface area contributed by atoms with Gasteiger partial charge in [-0.1, -0.05) is 0 Å². The molecule has 7 nitrogen and oxygen atoms in total. The SMILES string of the molecule is CN(C)C(=O)CCC(=O)N1CCC[C@@]12CCCN(c1cnccn1)CC2. The van der Waals surface area contributed by atoms with Crippen molar-refractivity contribution in [2.45, 2.75) is 50.5 Å². The van der Waals surface area contributed by atoms with Gasteiger partial charge in [-0.25, -0.2) is 4.98 Å². The number of rotatable bonds is 4. The number of hydrogen-bond acceptors (Lipinski definition) is 5. The number of nitrogens with zero attached hydrogens (tertiary/aromatic N) is 5. The monoisotopic (exact) mass is 359 g/mol. The molecular formula is C19H29N5O2. The predicted octanol–water partition coefficient (Wildman–Crippen LogP) is 1.70. The van der Waals surface area contributed by atoms with Crippen molar-refractivity contribution in [1.82, 2.24) is 19.8 Å². The van der Waals surface area contributed by atoms with E-state index in [9.17, 15) is 9.59 Å². The number of carbonyl (C=O) groups is 2. The van der Waals surface area contributed by atoms with E-state index in [2.05, 4.69) is 19.8 Å². The van der Waals surface area contributed by atoms with Crippen molar-refractivity contribution in [2.75, 3.05) is 38.6 Å². The lowest BCUT2D eigenvalue weighted by molar-refractivity contribution is -0.139. The van der Waals surface area contributed by atoms with Gasteiger partial charge in [-0.15, -0.1) is 0 Å². The normalized spacial score (nSPS) is 23.2. The molecule has 7 heteroatoms. The molecule has 0 saturated carbocycles. The molecule has 3 rings (SSSR count). The van der Waals surface area contributed by atoms with Crippen molar-refractivity contribution < 1.29 is 9.59 Å². The average Bonchev–Trinajstić information content (AvgIpc) is 2.94. The molecule has 2 aliphatic heterocycles. The quantitative estimate of drug-likeness (QED) is 0.818. The van der Waals surface area contributed by atoms with Gasteiger partial charge >= 0.3 is 0 Å². The van der Waals surface area contributed by atoms with E-state index in [-0.39, 0.29) is 17.4 Å². The first-order chi connectivity index (χ1) is 12.5. The minimum Gasteiger partial charge on any atom is -0.355 e. The van der Waals surface area contributed by atoms with Crippen LogP contribution in [-0.2, 0) is 9.59 Å². The van der Waals surface area contributed by atoms with E-state index in [4.69, 9.17) is 0 Å². The van der Waals surface area contributed by atoms with Gasteiger partial charge < -0.3 is 14.7 Å². The molecule has 3 heterocycles. The molecule has 2 aliphatic rings. The van der Waals surface area contributed by atoms with Crippen LogP contribution in [-0.4, -0.2) is 70.9 Å². The molecule has 0 N–H and O–H groups in total. The van der Waals surface area contributed by atoms with Gasteiger partial charge in [-0.05, 0) is 32.1 Å². The number of amides is 2. The maximum atomic E-state index is 12.8. The van der Waals surface area contributed by atoms with Gasteiger partial charge in [0.05, 0.1) is 6.20 Å². The molecule has 0 radical (unpaired) electrons. The van der Waals surface area contributed by atoms with E-state index in [1.54, 1.807) is 31.4 Å². The van der Waals surface area contributed by atoms with Crippen LogP contribution in [0.15, 0.2) is 18.6 Å². The highest BCUT2D eigenvalue weighted by molar-refractivity contribution is 5.84. The molecule has 0 aliphatic carbocycles. The number of likely N-dealkylation sites (tertiary alicyclic amines) is 1. The molecular weight excluding hydrogens is 330 g/mol. The predicted molar refractivity (Wildman–Crippen MR) is 99.7 cm³/mol. The van der Waals surface area contributed by atoms with E-state index >= 15 is 0 Å². The maximum absolute atomic E-state index is 12.8. The second-order valence-corrected chi connectivity index (χ2v) is 7.57. The van der Waals surface area contributed by atoms with Crippen LogP contribution in [0.1, 0.15) is 44.9 Å². The summed E-state index contributed by atoms with van der Waals surface area (Å²) in [5, 5.41) is 0. The van der Waals surface area contributed by atoms with Crippen LogP contribution in [0.3, 0.4) is 0 Å². The number of aromatic nitrogens is 2. The van der Waals surface area contributed by atoms with Crippen LogP contribution in [0, 0.1) is 0 Å². The highest BCUT2D eigenvalue weighted by atomic mass is 16.2. The Labute approximate surface area is 155 Å². The molecule has 2 saturated heterocycles. The van der Waals surface area contributed by atoms with Gasteiger partial charge in [0.15, 0.2) is 0 Å². The van der Waals surface area contributed by atoms with Gasteiger partial charge in [-0.3, -0.25) is 14.6 Å². The summed E-state index contributed by atoms with van der Waals surface area (Å²) in [4.78, 5) is 39.2. The Hall–Kier alpha value is -2.18. The molecule has 0 bridgehead atoms. The molecule has 0 unspecified atom stereocenters. The highest BCUT2D eigenvalue weighted by Gasteiger charge is 2.44. The third-order valence-corrected chi connectivity index (χ3v) is 5.74. The molecule has 2 fully saturated rings. The first-order valence-corrected chi connectivity index (χ1v) is 9.53. The third kappa shape index (κ3) is 3.97. The summed E-state index contributed by atoms with van der Waals surface area (Å²) in [5.41, 5.74) is -0.0464. The van der Waals surface area contributed by atoms with Crippen molar-refractivity contribution in [3.05, 3.63) is 18.6 Å². The Kier molecular flexibility index (Phi) is 5.74. The van der Waals surface area contributed by atoms with Gasteiger partial charge in [0.1, 0.15) is 5.82 Å². The Morgan fingerprint density at radius 2 is 1.85 bits per heavy atom. The molecule has 142 valence electrons. The summed E-state index contributed by atoms with van der Waals surface area (Å²) in [6.07, 6.45) is 11.0. The fourth-order valence-electron chi connectivity index (χ4n) is 4.28. The van der Waals surface area contributed by atoms with Crippen molar-refractivity contribution in [3.8, 4) is 0 Å². The summed E-state index contributed by atoms with van der Waals surface area (Å²) < 4.78 is 0. The van der Waals surface area contributed by atoms with Crippen LogP contribution >= 0.6 is 0 Å². The average molecular weight is 359 g/mol. The van der Waals surface area contributed by atoms with Crippen LogP contribution in [0.2, 0.25) is 0 Å². The van der Waals surface area contributed by atoms with E-state index in [0.29, 0.717) is 12.8 Å². The molecule has 1 atom stereocenters. The first-order valence-electron chi connectivity index (χ1n) is 9.53. The summed E-state index contributed by atoms with van der Waals surface area (Å²) in [6.45, 7) is 2.65. The maximum Gasteiger partial charge on any atom is 0.223 e. The van der Waals surface area contributed by atoms with Crippen LogP contribution in [0.25, 0.3) is 0 Å².